The predicted molar refractivity (Wildman–Crippen MR) is 62.3 cm³/mol. The highest BCUT2D eigenvalue weighted by molar-refractivity contribution is 6.07. The molecule has 1 unspecified atom stereocenters. The number of benzene rings is 1. The van der Waals surface area contributed by atoms with E-state index in [-0.39, 0.29) is 12.8 Å². The smallest absolute Gasteiger partial charge is 0.322 e. The normalized spacial score (nSPS) is 23.1. The summed E-state index contributed by atoms with van der Waals surface area (Å²) in [6, 6.07) is 8.17. The van der Waals surface area contributed by atoms with Gasteiger partial charge in [-0.25, -0.2) is 4.79 Å². The van der Waals surface area contributed by atoms with E-state index < -0.39 is 23.8 Å². The Morgan fingerprint density at radius 3 is 2.33 bits per heavy atom. The van der Waals surface area contributed by atoms with Gasteiger partial charge < -0.3 is 15.5 Å². The number of nitrogens with one attached hydrogen (secondary N) is 2. The molecule has 0 aromatic heterocycles. The van der Waals surface area contributed by atoms with Crippen molar-refractivity contribution >= 4 is 11.9 Å². The van der Waals surface area contributed by atoms with Gasteiger partial charge in [0.05, 0.1) is 0 Å². The molecule has 0 spiro atoms. The zero-order valence-electron chi connectivity index (χ0n) is 9.59. The summed E-state index contributed by atoms with van der Waals surface area (Å²) in [5, 5.41) is 22.6. The van der Waals surface area contributed by atoms with Crippen LogP contribution in [0, 0.1) is 0 Å². The lowest BCUT2D eigenvalue weighted by Crippen LogP contribution is -2.44. The standard InChI is InChI=1S/C12H14N2O4/c15-9(16)6-7-12(8-4-2-1-3-5-8)10(17)13-11(18)14-12/h1-5,9,15-16H,6-7H2,(H2,13,14,17,18). The number of imide groups is 1. The molecule has 1 aromatic rings. The minimum atomic E-state index is -1.52. The maximum atomic E-state index is 12.0. The quantitative estimate of drug-likeness (QED) is 0.440. The van der Waals surface area contributed by atoms with Crippen molar-refractivity contribution in [2.24, 2.45) is 0 Å². The van der Waals surface area contributed by atoms with Crippen LogP contribution in [0.15, 0.2) is 30.3 Å². The summed E-state index contributed by atoms with van der Waals surface area (Å²) in [4.78, 5) is 23.3. The van der Waals surface area contributed by atoms with Crippen LogP contribution < -0.4 is 10.6 Å². The van der Waals surface area contributed by atoms with E-state index in [4.69, 9.17) is 10.2 Å². The molecule has 2 rings (SSSR count). The van der Waals surface area contributed by atoms with Crippen molar-refractivity contribution in [1.82, 2.24) is 10.6 Å². The van der Waals surface area contributed by atoms with Crippen LogP contribution in [0.4, 0.5) is 4.79 Å². The molecule has 0 aliphatic carbocycles. The number of urea groups is 1. The first-order valence-electron chi connectivity index (χ1n) is 5.60. The summed E-state index contributed by atoms with van der Waals surface area (Å²) in [6.07, 6.45) is -1.41. The molecule has 1 saturated heterocycles. The van der Waals surface area contributed by atoms with Crippen LogP contribution in [0.2, 0.25) is 0 Å². The third-order valence-corrected chi connectivity index (χ3v) is 2.99. The minimum Gasteiger partial charge on any atom is -0.368 e. The predicted octanol–water partition coefficient (Wildman–Crippen LogP) is -0.188. The van der Waals surface area contributed by atoms with E-state index >= 15 is 0 Å². The van der Waals surface area contributed by atoms with Gasteiger partial charge in [0, 0.05) is 6.42 Å². The third kappa shape index (κ3) is 2.20. The highest BCUT2D eigenvalue weighted by atomic mass is 16.5. The Morgan fingerprint density at radius 2 is 1.83 bits per heavy atom. The zero-order valence-corrected chi connectivity index (χ0v) is 9.59. The fourth-order valence-electron chi connectivity index (χ4n) is 2.08. The Kier molecular flexibility index (Phi) is 3.31. The van der Waals surface area contributed by atoms with E-state index in [1.54, 1.807) is 30.3 Å². The molecular formula is C12H14N2O4. The highest BCUT2D eigenvalue weighted by Gasteiger charge is 2.47. The molecule has 1 heterocycles. The summed E-state index contributed by atoms with van der Waals surface area (Å²) in [7, 11) is 0. The van der Waals surface area contributed by atoms with E-state index in [0.717, 1.165) is 0 Å². The van der Waals surface area contributed by atoms with Crippen LogP contribution in [0.25, 0.3) is 0 Å². The van der Waals surface area contributed by atoms with Gasteiger partial charge in [-0.3, -0.25) is 10.1 Å². The van der Waals surface area contributed by atoms with E-state index in [1.807, 2.05) is 0 Å². The molecule has 6 nitrogen and oxygen atoms in total. The Labute approximate surface area is 104 Å². The van der Waals surface area contributed by atoms with Gasteiger partial charge in [0.25, 0.3) is 5.91 Å². The van der Waals surface area contributed by atoms with Gasteiger partial charge in [0.2, 0.25) is 0 Å². The lowest BCUT2D eigenvalue weighted by atomic mass is 9.85. The fraction of sp³-hybridized carbons (Fsp3) is 0.333. The number of aliphatic hydroxyl groups excluding tert-OH is 1. The monoisotopic (exact) mass is 250 g/mol. The molecule has 3 amide bonds. The minimum absolute atomic E-state index is 0.0113. The number of amides is 3. The summed E-state index contributed by atoms with van der Waals surface area (Å²) < 4.78 is 0. The maximum absolute atomic E-state index is 12.0. The molecular weight excluding hydrogens is 236 g/mol. The van der Waals surface area contributed by atoms with Gasteiger partial charge in [0.1, 0.15) is 5.54 Å². The van der Waals surface area contributed by atoms with Gasteiger partial charge in [-0.05, 0) is 12.0 Å². The molecule has 1 aliphatic rings. The Balaban J connectivity index is 2.34. The molecule has 1 aromatic carbocycles. The summed E-state index contributed by atoms with van der Waals surface area (Å²) >= 11 is 0. The lowest BCUT2D eigenvalue weighted by Gasteiger charge is -2.26. The van der Waals surface area contributed by atoms with Crippen LogP contribution in [-0.2, 0) is 10.3 Å². The van der Waals surface area contributed by atoms with Crippen molar-refractivity contribution in [2.75, 3.05) is 0 Å². The highest BCUT2D eigenvalue weighted by Crippen LogP contribution is 2.30. The second kappa shape index (κ2) is 4.75. The number of hydrogen-bond acceptors (Lipinski definition) is 4. The molecule has 1 aliphatic heterocycles. The molecule has 6 heteroatoms. The van der Waals surface area contributed by atoms with Gasteiger partial charge in [-0.15, -0.1) is 0 Å². The first-order chi connectivity index (χ1) is 8.54. The molecule has 0 saturated carbocycles. The van der Waals surface area contributed by atoms with Crippen LogP contribution in [-0.4, -0.2) is 28.4 Å². The van der Waals surface area contributed by atoms with Crippen molar-refractivity contribution in [2.45, 2.75) is 24.7 Å². The second-order valence-electron chi connectivity index (χ2n) is 4.20. The molecule has 1 fully saturated rings. The number of carbonyl (C=O) groups is 2. The van der Waals surface area contributed by atoms with Crippen LogP contribution in [0.5, 0.6) is 0 Å². The molecule has 4 N–H and O–H groups in total. The van der Waals surface area contributed by atoms with Gasteiger partial charge in [-0.2, -0.15) is 0 Å². The van der Waals surface area contributed by atoms with E-state index in [9.17, 15) is 9.59 Å². The number of aliphatic hydroxyl groups is 2. The molecule has 96 valence electrons. The van der Waals surface area contributed by atoms with Crippen molar-refractivity contribution < 1.29 is 19.8 Å². The number of hydrogen-bond donors (Lipinski definition) is 4. The van der Waals surface area contributed by atoms with Crippen molar-refractivity contribution in [1.29, 1.82) is 0 Å². The van der Waals surface area contributed by atoms with Crippen LogP contribution in [0.3, 0.4) is 0 Å². The average Bonchev–Trinajstić information content (AvgIpc) is 2.64. The van der Waals surface area contributed by atoms with Gasteiger partial charge in [0.15, 0.2) is 6.29 Å². The largest absolute Gasteiger partial charge is 0.368 e. The Morgan fingerprint density at radius 1 is 1.17 bits per heavy atom. The third-order valence-electron chi connectivity index (χ3n) is 2.99. The van der Waals surface area contributed by atoms with E-state index in [0.29, 0.717) is 5.56 Å². The van der Waals surface area contributed by atoms with Crippen LogP contribution in [0.1, 0.15) is 18.4 Å². The van der Waals surface area contributed by atoms with E-state index in [1.165, 1.54) is 0 Å². The first kappa shape index (κ1) is 12.5. The molecule has 0 bridgehead atoms. The zero-order chi connectivity index (χ0) is 13.2. The number of carbonyl (C=O) groups excluding carboxylic acids is 2. The molecule has 1 atom stereocenters. The first-order valence-corrected chi connectivity index (χ1v) is 5.60. The van der Waals surface area contributed by atoms with Gasteiger partial charge in [-0.1, -0.05) is 30.3 Å². The van der Waals surface area contributed by atoms with Crippen LogP contribution >= 0.6 is 0 Å². The Hall–Kier alpha value is -1.92. The SMILES string of the molecule is O=C1NC(=O)C(CCC(O)O)(c2ccccc2)N1. The maximum Gasteiger partial charge on any atom is 0.322 e. The summed E-state index contributed by atoms with van der Waals surface area (Å²) in [5.41, 5.74) is -0.601. The van der Waals surface area contributed by atoms with Gasteiger partial charge >= 0.3 is 6.03 Å². The van der Waals surface area contributed by atoms with E-state index in [2.05, 4.69) is 10.6 Å². The van der Waals surface area contributed by atoms with Crippen molar-refractivity contribution in [3.8, 4) is 0 Å². The Bertz CT molecular complexity index is 460. The second-order valence-corrected chi connectivity index (χ2v) is 4.20. The van der Waals surface area contributed by atoms with Crippen molar-refractivity contribution in [3.63, 3.8) is 0 Å². The average molecular weight is 250 g/mol. The van der Waals surface area contributed by atoms with Crippen molar-refractivity contribution in [3.05, 3.63) is 35.9 Å². The molecule has 0 radical (unpaired) electrons. The summed E-state index contributed by atoms with van der Waals surface area (Å²) in [6.45, 7) is 0. The summed E-state index contributed by atoms with van der Waals surface area (Å²) in [5.74, 6) is -0.473. The lowest BCUT2D eigenvalue weighted by molar-refractivity contribution is -0.125. The number of rotatable bonds is 4. The fourth-order valence-corrected chi connectivity index (χ4v) is 2.08. The topological polar surface area (TPSA) is 98.7 Å². The molecule has 18 heavy (non-hydrogen) atoms.